The van der Waals surface area contributed by atoms with Crippen LogP contribution in [0.1, 0.15) is 24.5 Å². The molecule has 0 amide bonds. The number of nitrogens with zero attached hydrogens (tertiary/aromatic N) is 3. The highest BCUT2D eigenvalue weighted by Gasteiger charge is 2.26. The summed E-state index contributed by atoms with van der Waals surface area (Å²) in [6.45, 7) is 6.91. The van der Waals surface area contributed by atoms with Crippen molar-refractivity contribution in [3.8, 4) is 0 Å². The van der Waals surface area contributed by atoms with Crippen molar-refractivity contribution in [2.45, 2.75) is 18.8 Å². The monoisotopic (exact) mass is 355 g/mol. The topological polar surface area (TPSA) is 41.7 Å². The molecule has 2 saturated heterocycles. The van der Waals surface area contributed by atoms with E-state index in [1.807, 2.05) is 0 Å². The van der Waals surface area contributed by atoms with Gasteiger partial charge in [-0.05, 0) is 25.0 Å². The van der Waals surface area contributed by atoms with Crippen LogP contribution in [-0.4, -0.2) is 61.0 Å². The van der Waals surface area contributed by atoms with E-state index in [0.29, 0.717) is 11.5 Å². The number of ether oxygens (including phenoxy) is 1. The zero-order chi connectivity index (χ0) is 15.6. The van der Waals surface area contributed by atoms with Gasteiger partial charge in [0.2, 0.25) is 0 Å². The Balaban J connectivity index is 0.00000169. The Hall–Kier alpha value is -1.21. The van der Waals surface area contributed by atoms with Crippen LogP contribution in [0.5, 0.6) is 0 Å². The SMILES string of the molecule is Cl.Fc1ccc2c(C3CCN(CN4CCOCC4)CC3)noc2c1. The standard InChI is InChI=1S/C17H22FN3O2.ClH/c18-14-1-2-15-16(11-14)23-19-17(15)13-3-5-20(6-4-13)12-21-7-9-22-10-8-21;/h1-2,11,13H,3-10,12H2;1H. The van der Waals surface area contributed by atoms with Crippen molar-refractivity contribution >= 4 is 23.4 Å². The van der Waals surface area contributed by atoms with E-state index >= 15 is 0 Å². The zero-order valence-corrected chi connectivity index (χ0v) is 14.4. The molecule has 0 N–H and O–H groups in total. The van der Waals surface area contributed by atoms with Gasteiger partial charge in [-0.1, -0.05) is 5.16 Å². The number of hydrogen-bond donors (Lipinski definition) is 0. The van der Waals surface area contributed by atoms with Crippen LogP contribution in [0.4, 0.5) is 4.39 Å². The molecule has 0 saturated carbocycles. The molecule has 0 radical (unpaired) electrons. The van der Waals surface area contributed by atoms with Gasteiger partial charge in [-0.15, -0.1) is 12.4 Å². The van der Waals surface area contributed by atoms with Gasteiger partial charge < -0.3 is 9.26 Å². The van der Waals surface area contributed by atoms with E-state index in [2.05, 4.69) is 15.0 Å². The highest BCUT2D eigenvalue weighted by atomic mass is 35.5. The molecule has 0 bridgehead atoms. The lowest BCUT2D eigenvalue weighted by molar-refractivity contribution is 0.00496. The summed E-state index contributed by atoms with van der Waals surface area (Å²) in [5.74, 6) is 0.128. The van der Waals surface area contributed by atoms with Crippen LogP contribution >= 0.6 is 12.4 Å². The predicted molar refractivity (Wildman–Crippen MR) is 92.0 cm³/mol. The number of halogens is 2. The smallest absolute Gasteiger partial charge is 0.170 e. The van der Waals surface area contributed by atoms with Crippen LogP contribution in [-0.2, 0) is 4.74 Å². The third kappa shape index (κ3) is 3.72. The van der Waals surface area contributed by atoms with Crippen LogP contribution < -0.4 is 0 Å². The molecule has 1 aromatic carbocycles. The molecule has 132 valence electrons. The fourth-order valence-electron chi connectivity index (χ4n) is 3.60. The highest BCUT2D eigenvalue weighted by Crippen LogP contribution is 2.32. The minimum atomic E-state index is -0.277. The number of likely N-dealkylation sites (tertiary alicyclic amines) is 1. The molecule has 5 nitrogen and oxygen atoms in total. The Morgan fingerprint density at radius 3 is 2.54 bits per heavy atom. The Labute approximate surface area is 147 Å². The predicted octanol–water partition coefficient (Wildman–Crippen LogP) is 2.86. The molecule has 4 rings (SSSR count). The highest BCUT2D eigenvalue weighted by molar-refractivity contribution is 5.85. The maximum absolute atomic E-state index is 13.3. The molecular weight excluding hydrogens is 333 g/mol. The first-order valence-corrected chi connectivity index (χ1v) is 8.37. The zero-order valence-electron chi connectivity index (χ0n) is 13.6. The molecular formula is C17H23ClFN3O2. The number of rotatable bonds is 3. The van der Waals surface area contributed by atoms with E-state index in [4.69, 9.17) is 9.26 Å². The number of hydrogen-bond acceptors (Lipinski definition) is 5. The fraction of sp³-hybridized carbons (Fsp3) is 0.588. The lowest BCUT2D eigenvalue weighted by Crippen LogP contribution is -2.46. The molecule has 2 aliphatic heterocycles. The summed E-state index contributed by atoms with van der Waals surface area (Å²) in [6.07, 6.45) is 2.15. The van der Waals surface area contributed by atoms with Gasteiger partial charge in [-0.2, -0.15) is 0 Å². The summed E-state index contributed by atoms with van der Waals surface area (Å²) in [6, 6.07) is 4.69. The van der Waals surface area contributed by atoms with Crippen molar-refractivity contribution in [1.82, 2.24) is 15.0 Å². The largest absolute Gasteiger partial charge is 0.379 e. The van der Waals surface area contributed by atoms with Crippen molar-refractivity contribution in [2.24, 2.45) is 0 Å². The lowest BCUT2D eigenvalue weighted by atomic mass is 9.92. The Bertz CT molecular complexity index is 667. The minimum Gasteiger partial charge on any atom is -0.379 e. The Kier molecular flexibility index (Phi) is 5.71. The van der Waals surface area contributed by atoms with Crippen molar-refractivity contribution < 1.29 is 13.7 Å². The van der Waals surface area contributed by atoms with Gasteiger partial charge in [-0.25, -0.2) is 4.39 Å². The van der Waals surface area contributed by atoms with Gasteiger partial charge in [0.05, 0.1) is 25.6 Å². The summed E-state index contributed by atoms with van der Waals surface area (Å²) < 4.78 is 24.0. The van der Waals surface area contributed by atoms with Gasteiger partial charge >= 0.3 is 0 Å². The van der Waals surface area contributed by atoms with E-state index in [1.54, 1.807) is 6.07 Å². The second-order valence-electron chi connectivity index (χ2n) is 6.47. The number of morpholine rings is 1. The number of fused-ring (bicyclic) bond motifs is 1. The Morgan fingerprint density at radius 2 is 1.79 bits per heavy atom. The average Bonchev–Trinajstić information content (AvgIpc) is 2.99. The van der Waals surface area contributed by atoms with Crippen LogP contribution in [0.25, 0.3) is 11.0 Å². The summed E-state index contributed by atoms with van der Waals surface area (Å²) in [5.41, 5.74) is 1.54. The second-order valence-corrected chi connectivity index (χ2v) is 6.47. The molecule has 2 aliphatic rings. The number of aromatic nitrogens is 1. The van der Waals surface area contributed by atoms with Gasteiger partial charge in [0.15, 0.2) is 5.58 Å². The third-order valence-electron chi connectivity index (χ3n) is 4.94. The first-order chi connectivity index (χ1) is 11.3. The van der Waals surface area contributed by atoms with Gasteiger partial charge in [0.25, 0.3) is 0 Å². The van der Waals surface area contributed by atoms with E-state index < -0.39 is 0 Å². The third-order valence-corrected chi connectivity index (χ3v) is 4.94. The van der Waals surface area contributed by atoms with Crippen molar-refractivity contribution in [3.05, 3.63) is 29.7 Å². The van der Waals surface area contributed by atoms with E-state index in [0.717, 1.165) is 70.0 Å². The maximum atomic E-state index is 13.3. The summed E-state index contributed by atoms with van der Waals surface area (Å²) in [4.78, 5) is 4.96. The number of piperidine rings is 1. The van der Waals surface area contributed by atoms with Crippen LogP contribution in [0.15, 0.2) is 22.7 Å². The number of benzene rings is 1. The minimum absolute atomic E-state index is 0. The fourth-order valence-corrected chi connectivity index (χ4v) is 3.60. The van der Waals surface area contributed by atoms with Crippen LogP contribution in [0.3, 0.4) is 0 Å². The molecule has 7 heteroatoms. The maximum Gasteiger partial charge on any atom is 0.170 e. The molecule has 3 heterocycles. The first-order valence-electron chi connectivity index (χ1n) is 8.37. The molecule has 0 spiro atoms. The molecule has 24 heavy (non-hydrogen) atoms. The quantitative estimate of drug-likeness (QED) is 0.847. The summed E-state index contributed by atoms with van der Waals surface area (Å²) in [5, 5.41) is 5.17. The van der Waals surface area contributed by atoms with E-state index in [-0.39, 0.29) is 18.2 Å². The van der Waals surface area contributed by atoms with Crippen molar-refractivity contribution in [1.29, 1.82) is 0 Å². The Morgan fingerprint density at radius 1 is 1.08 bits per heavy atom. The lowest BCUT2D eigenvalue weighted by Gasteiger charge is -2.36. The molecule has 0 unspecified atom stereocenters. The molecule has 1 aromatic heterocycles. The molecule has 0 atom stereocenters. The second kappa shape index (κ2) is 7.78. The average molecular weight is 356 g/mol. The molecule has 0 aliphatic carbocycles. The summed E-state index contributed by atoms with van der Waals surface area (Å²) >= 11 is 0. The normalized spacial score (nSPS) is 21.0. The van der Waals surface area contributed by atoms with Gasteiger partial charge in [0.1, 0.15) is 5.82 Å². The van der Waals surface area contributed by atoms with Crippen LogP contribution in [0.2, 0.25) is 0 Å². The van der Waals surface area contributed by atoms with Crippen LogP contribution in [0, 0.1) is 5.82 Å². The van der Waals surface area contributed by atoms with Crippen molar-refractivity contribution in [3.63, 3.8) is 0 Å². The van der Waals surface area contributed by atoms with E-state index in [9.17, 15) is 4.39 Å². The van der Waals surface area contributed by atoms with Crippen molar-refractivity contribution in [2.75, 3.05) is 46.1 Å². The first kappa shape index (κ1) is 17.6. The molecule has 2 fully saturated rings. The van der Waals surface area contributed by atoms with Gasteiger partial charge in [-0.3, -0.25) is 9.80 Å². The molecule has 2 aromatic rings. The van der Waals surface area contributed by atoms with E-state index in [1.165, 1.54) is 12.1 Å². The van der Waals surface area contributed by atoms with Gasteiger partial charge in [0, 0.05) is 43.5 Å². The summed E-state index contributed by atoms with van der Waals surface area (Å²) in [7, 11) is 0.